The van der Waals surface area contributed by atoms with Gasteiger partial charge in [-0.05, 0) is 12.3 Å². The lowest BCUT2D eigenvalue weighted by molar-refractivity contribution is -0.144. The van der Waals surface area contributed by atoms with E-state index in [4.69, 9.17) is 0 Å². The average Bonchev–Trinajstić information content (AvgIpc) is 3.28. The highest BCUT2D eigenvalue weighted by molar-refractivity contribution is 7.91. The van der Waals surface area contributed by atoms with Crippen molar-refractivity contribution in [1.82, 2.24) is 30.1 Å². The van der Waals surface area contributed by atoms with Crippen molar-refractivity contribution in [2.24, 2.45) is 5.41 Å². The molecule has 0 spiro atoms. The second-order valence-corrected chi connectivity index (χ2v) is 12.1. The van der Waals surface area contributed by atoms with Crippen molar-refractivity contribution < 1.29 is 23.1 Å². The van der Waals surface area contributed by atoms with Gasteiger partial charge in [0.25, 0.3) is 0 Å². The Bertz CT molecular complexity index is 956. The van der Waals surface area contributed by atoms with Crippen molar-refractivity contribution in [3.63, 3.8) is 0 Å². The third-order valence-electron chi connectivity index (χ3n) is 6.16. The largest absolute Gasteiger partial charge is 0.391 e. The number of nitrogens with one attached hydrogen (secondary N) is 1. The predicted molar refractivity (Wildman–Crippen MR) is 117 cm³/mol. The topological polar surface area (TPSA) is 138 Å². The van der Waals surface area contributed by atoms with Gasteiger partial charge in [-0.3, -0.25) is 14.5 Å². The van der Waals surface area contributed by atoms with Gasteiger partial charge in [0.1, 0.15) is 12.1 Å². The number of aliphatic hydroxyl groups excluding tert-OH is 1. The van der Waals surface area contributed by atoms with Crippen molar-refractivity contribution in [2.45, 2.75) is 64.9 Å². The Hall–Kier alpha value is -2.05. The fourth-order valence-corrected chi connectivity index (χ4v) is 6.12. The first-order valence-corrected chi connectivity index (χ1v) is 12.7. The van der Waals surface area contributed by atoms with E-state index in [-0.39, 0.29) is 42.3 Å². The lowest BCUT2D eigenvalue weighted by Crippen LogP contribution is -2.49. The van der Waals surface area contributed by atoms with Gasteiger partial charge in [0.2, 0.25) is 11.8 Å². The zero-order valence-electron chi connectivity index (χ0n) is 19.4. The molecule has 3 heterocycles. The van der Waals surface area contributed by atoms with Crippen LogP contribution in [0.25, 0.3) is 0 Å². The van der Waals surface area contributed by atoms with E-state index in [1.54, 1.807) is 6.20 Å². The van der Waals surface area contributed by atoms with Crippen LogP contribution in [0.3, 0.4) is 0 Å². The number of amides is 2. The molecule has 1 aromatic heterocycles. The Morgan fingerprint density at radius 2 is 2.03 bits per heavy atom. The van der Waals surface area contributed by atoms with E-state index >= 15 is 0 Å². The number of hydrogen-bond donors (Lipinski definition) is 2. The van der Waals surface area contributed by atoms with E-state index in [9.17, 15) is 23.1 Å². The molecule has 0 radical (unpaired) electrons. The molecule has 0 aliphatic carbocycles. The van der Waals surface area contributed by atoms with Crippen molar-refractivity contribution in [3.8, 4) is 0 Å². The molecule has 3 rings (SSSR count). The summed E-state index contributed by atoms with van der Waals surface area (Å²) in [5, 5.41) is 21.1. The fourth-order valence-electron chi connectivity index (χ4n) is 4.50. The van der Waals surface area contributed by atoms with Crippen molar-refractivity contribution in [2.75, 3.05) is 31.6 Å². The van der Waals surface area contributed by atoms with Crippen LogP contribution in [0.15, 0.2) is 6.20 Å². The number of carbonyl (C=O) groups is 2. The zero-order chi connectivity index (χ0) is 23.8. The molecule has 11 nitrogen and oxygen atoms in total. The Morgan fingerprint density at radius 3 is 2.62 bits per heavy atom. The highest BCUT2D eigenvalue weighted by Gasteiger charge is 2.45. The number of hydrogen-bond acceptors (Lipinski definition) is 8. The normalized spacial score (nSPS) is 27.3. The van der Waals surface area contributed by atoms with Crippen LogP contribution in [-0.2, 0) is 26.0 Å². The number of rotatable bonds is 5. The third kappa shape index (κ3) is 5.29. The quantitative estimate of drug-likeness (QED) is 0.570. The number of aromatic nitrogens is 3. The maximum atomic E-state index is 13.6. The molecule has 2 aliphatic rings. The van der Waals surface area contributed by atoms with Gasteiger partial charge in [0, 0.05) is 39.1 Å². The van der Waals surface area contributed by atoms with Crippen LogP contribution in [0.1, 0.15) is 45.9 Å². The zero-order valence-corrected chi connectivity index (χ0v) is 20.2. The molecule has 180 valence electrons. The summed E-state index contributed by atoms with van der Waals surface area (Å²) in [5.74, 6) is -0.373. The molecule has 0 aromatic carbocycles. The molecule has 0 saturated carbocycles. The number of aliphatic hydroxyl groups is 1. The van der Waals surface area contributed by atoms with Crippen LogP contribution < -0.4 is 5.32 Å². The molecule has 2 N–H and O–H groups in total. The Kier molecular flexibility index (Phi) is 6.97. The predicted octanol–water partition coefficient (Wildman–Crippen LogP) is -0.808. The number of β-amino-alcohol motifs (C(OH)–C–C–N with tert-alkyl or cyclic N) is 1. The van der Waals surface area contributed by atoms with Gasteiger partial charge in [-0.1, -0.05) is 26.0 Å². The molecule has 1 unspecified atom stereocenters. The minimum absolute atomic E-state index is 0.0881. The summed E-state index contributed by atoms with van der Waals surface area (Å²) in [4.78, 5) is 29.3. The molecule has 2 saturated heterocycles. The van der Waals surface area contributed by atoms with Crippen molar-refractivity contribution in [1.29, 1.82) is 0 Å². The Balaban J connectivity index is 1.81. The van der Waals surface area contributed by atoms with E-state index in [1.807, 2.05) is 32.6 Å². The summed E-state index contributed by atoms with van der Waals surface area (Å²) < 4.78 is 25.2. The van der Waals surface area contributed by atoms with E-state index in [1.165, 1.54) is 16.6 Å². The van der Waals surface area contributed by atoms with Gasteiger partial charge in [-0.15, -0.1) is 5.10 Å². The summed E-state index contributed by atoms with van der Waals surface area (Å²) in [5.41, 5.74) is 0.109. The smallest absolute Gasteiger partial charge is 0.248 e. The van der Waals surface area contributed by atoms with Gasteiger partial charge in [0.05, 0.1) is 29.5 Å². The molecule has 0 bridgehead atoms. The van der Waals surface area contributed by atoms with Crippen LogP contribution in [0.4, 0.5) is 0 Å². The first-order chi connectivity index (χ1) is 14.8. The SMILES string of the molecule is CNC(=O)[C@H]1C[C@H](O)CN1C(=O)[C@@H](n1cc(CN2CCS(=O)(=O)CC2C)nn1)C(C)(C)C. The second-order valence-electron chi connectivity index (χ2n) is 9.90. The summed E-state index contributed by atoms with van der Waals surface area (Å²) in [6.45, 7) is 8.56. The number of carbonyl (C=O) groups excluding carboxylic acids is 2. The number of likely N-dealkylation sites (N-methyl/N-ethyl adjacent to an activating group) is 1. The first-order valence-electron chi connectivity index (χ1n) is 10.9. The number of likely N-dealkylation sites (tertiary alicyclic amines) is 1. The van der Waals surface area contributed by atoms with Crippen LogP contribution in [0, 0.1) is 5.41 Å². The lowest BCUT2D eigenvalue weighted by Gasteiger charge is -2.34. The van der Waals surface area contributed by atoms with Gasteiger partial charge in [0.15, 0.2) is 9.84 Å². The molecule has 2 fully saturated rings. The molecule has 32 heavy (non-hydrogen) atoms. The van der Waals surface area contributed by atoms with Crippen LogP contribution in [0.2, 0.25) is 0 Å². The first kappa shape index (κ1) is 24.6. The Morgan fingerprint density at radius 1 is 1.34 bits per heavy atom. The van der Waals surface area contributed by atoms with E-state index in [0.29, 0.717) is 18.8 Å². The maximum Gasteiger partial charge on any atom is 0.248 e. The summed E-state index contributed by atoms with van der Waals surface area (Å²) in [6.07, 6.45) is 1.15. The van der Waals surface area contributed by atoms with Gasteiger partial charge >= 0.3 is 0 Å². The Labute approximate surface area is 189 Å². The fraction of sp³-hybridized carbons (Fsp3) is 0.800. The van der Waals surface area contributed by atoms with Crippen molar-refractivity contribution in [3.05, 3.63) is 11.9 Å². The number of sulfone groups is 1. The maximum absolute atomic E-state index is 13.6. The molecular weight excluding hydrogens is 436 g/mol. The minimum atomic E-state index is -3.01. The van der Waals surface area contributed by atoms with Gasteiger partial charge in [-0.2, -0.15) is 0 Å². The molecule has 4 atom stereocenters. The molecular formula is C20H34N6O5S. The molecule has 2 amide bonds. The molecule has 12 heteroatoms. The third-order valence-corrected chi connectivity index (χ3v) is 7.96. The highest BCUT2D eigenvalue weighted by Crippen LogP contribution is 2.34. The number of nitrogens with zero attached hydrogens (tertiary/aromatic N) is 5. The van der Waals surface area contributed by atoms with E-state index < -0.39 is 33.4 Å². The molecule has 1 aromatic rings. The van der Waals surface area contributed by atoms with Gasteiger partial charge < -0.3 is 15.3 Å². The summed E-state index contributed by atoms with van der Waals surface area (Å²) >= 11 is 0. The summed E-state index contributed by atoms with van der Waals surface area (Å²) in [6, 6.07) is -1.58. The standard InChI is InChI=1S/C20H34N6O5S/c1-13-12-32(30,31)7-6-24(13)9-14-10-26(23-22-14)17(20(2,3)4)19(29)25-11-15(27)8-16(25)18(28)21-5/h10,13,15-17,27H,6-9,11-12H2,1-5H3,(H,21,28)/t13?,15-,16+,17+/m0/s1. The lowest BCUT2D eigenvalue weighted by atomic mass is 9.85. The second kappa shape index (κ2) is 9.06. The van der Waals surface area contributed by atoms with Gasteiger partial charge in [-0.25, -0.2) is 13.1 Å². The van der Waals surface area contributed by atoms with E-state index in [0.717, 1.165) is 0 Å². The molecule has 2 aliphatic heterocycles. The highest BCUT2D eigenvalue weighted by atomic mass is 32.2. The van der Waals surface area contributed by atoms with E-state index in [2.05, 4.69) is 15.6 Å². The van der Waals surface area contributed by atoms with Crippen LogP contribution in [-0.4, -0.2) is 100.0 Å². The minimum Gasteiger partial charge on any atom is -0.391 e. The van der Waals surface area contributed by atoms with Crippen molar-refractivity contribution >= 4 is 21.7 Å². The van der Waals surface area contributed by atoms with Crippen LogP contribution >= 0.6 is 0 Å². The van der Waals surface area contributed by atoms with Crippen LogP contribution in [0.5, 0.6) is 0 Å². The average molecular weight is 471 g/mol. The monoisotopic (exact) mass is 470 g/mol. The summed E-state index contributed by atoms with van der Waals surface area (Å²) in [7, 11) is -1.50.